The molecule has 0 bridgehead atoms. The summed E-state index contributed by atoms with van der Waals surface area (Å²) in [7, 11) is 1.41. The normalized spacial score (nSPS) is 23.7. The molecule has 0 aromatic carbocycles. The van der Waals surface area contributed by atoms with E-state index in [1.165, 1.54) is 11.9 Å². The van der Waals surface area contributed by atoms with E-state index in [1.807, 2.05) is 0 Å². The molecule has 1 fully saturated rings. The monoisotopic (exact) mass is 170 g/mol. The Morgan fingerprint density at radius 2 is 2.08 bits per heavy atom. The Kier molecular flexibility index (Phi) is 2.12. The summed E-state index contributed by atoms with van der Waals surface area (Å²) in [5, 5.41) is 0. The van der Waals surface area contributed by atoms with Gasteiger partial charge < -0.3 is 9.69 Å². The second kappa shape index (κ2) is 2.92. The highest BCUT2D eigenvalue weighted by Crippen LogP contribution is 2.13. The molecule has 0 saturated carbocycles. The van der Waals surface area contributed by atoms with Crippen LogP contribution in [0.1, 0.15) is 6.92 Å². The first-order chi connectivity index (χ1) is 5.59. The van der Waals surface area contributed by atoms with Gasteiger partial charge >= 0.3 is 6.03 Å². The van der Waals surface area contributed by atoms with Crippen molar-refractivity contribution >= 4 is 18.2 Å². The number of nitrogens with zero attached hydrogens (tertiary/aromatic N) is 2. The van der Waals surface area contributed by atoms with Crippen molar-refractivity contribution in [2.24, 2.45) is 0 Å². The van der Waals surface area contributed by atoms with Crippen molar-refractivity contribution < 1.29 is 14.4 Å². The first-order valence-electron chi connectivity index (χ1n) is 3.61. The number of carbonyl (C=O) groups excluding carboxylic acids is 3. The van der Waals surface area contributed by atoms with E-state index in [1.54, 1.807) is 6.92 Å². The fourth-order valence-corrected chi connectivity index (χ4v) is 1.18. The predicted octanol–water partition coefficient (Wildman–Crippen LogP) is -0.532. The van der Waals surface area contributed by atoms with Crippen molar-refractivity contribution in [1.82, 2.24) is 9.80 Å². The van der Waals surface area contributed by atoms with Gasteiger partial charge in [-0.05, 0) is 6.92 Å². The third-order valence-corrected chi connectivity index (χ3v) is 1.96. The molecule has 1 rings (SSSR count). The lowest BCUT2D eigenvalue weighted by atomic mass is 10.3. The minimum absolute atomic E-state index is 0.0178. The van der Waals surface area contributed by atoms with Crippen molar-refractivity contribution in [3.05, 3.63) is 0 Å². The molecule has 0 radical (unpaired) electrons. The minimum atomic E-state index is -0.507. The maximum Gasteiger partial charge on any atom is 0.327 e. The van der Waals surface area contributed by atoms with Crippen LogP contribution in [0.4, 0.5) is 4.79 Å². The fraction of sp³-hybridized carbons (Fsp3) is 0.571. The van der Waals surface area contributed by atoms with Crippen molar-refractivity contribution in [3.63, 3.8) is 0 Å². The maximum absolute atomic E-state index is 11.2. The molecule has 0 N–H and O–H groups in total. The highest BCUT2D eigenvalue weighted by molar-refractivity contribution is 6.04. The highest BCUT2D eigenvalue weighted by atomic mass is 16.2. The van der Waals surface area contributed by atoms with Crippen LogP contribution >= 0.6 is 0 Å². The molecule has 3 amide bonds. The van der Waals surface area contributed by atoms with E-state index in [4.69, 9.17) is 0 Å². The van der Waals surface area contributed by atoms with Crippen molar-refractivity contribution in [2.75, 3.05) is 13.6 Å². The molecule has 1 atom stereocenters. The van der Waals surface area contributed by atoms with Crippen molar-refractivity contribution in [3.8, 4) is 0 Å². The second-order valence-electron chi connectivity index (χ2n) is 2.67. The molecular formula is C7H10N2O3. The van der Waals surface area contributed by atoms with Crippen LogP contribution in [0.25, 0.3) is 0 Å². The molecule has 0 aliphatic carbocycles. The quantitative estimate of drug-likeness (QED) is 0.413. The van der Waals surface area contributed by atoms with Crippen LogP contribution in [0.3, 0.4) is 0 Å². The highest BCUT2D eigenvalue weighted by Gasteiger charge is 2.39. The van der Waals surface area contributed by atoms with Gasteiger partial charge in [0.25, 0.3) is 5.91 Å². The van der Waals surface area contributed by atoms with Gasteiger partial charge in [-0.3, -0.25) is 9.69 Å². The van der Waals surface area contributed by atoms with E-state index >= 15 is 0 Å². The number of amides is 3. The zero-order valence-electron chi connectivity index (χ0n) is 6.98. The summed E-state index contributed by atoms with van der Waals surface area (Å²) in [6.45, 7) is 1.59. The van der Waals surface area contributed by atoms with Gasteiger partial charge in [0.1, 0.15) is 12.3 Å². The summed E-state index contributed by atoms with van der Waals surface area (Å²) in [5.41, 5.74) is 0. The third-order valence-electron chi connectivity index (χ3n) is 1.96. The standard InChI is InChI=1S/C7H10N2O3/c1-5-6(11)8(2)7(12)9(5)3-4-10/h4-5H,3H2,1-2H3. The van der Waals surface area contributed by atoms with Gasteiger partial charge in [0.15, 0.2) is 0 Å². The average molecular weight is 170 g/mol. The van der Waals surface area contributed by atoms with Crippen LogP contribution in [0.15, 0.2) is 0 Å². The fourth-order valence-electron chi connectivity index (χ4n) is 1.18. The van der Waals surface area contributed by atoms with Gasteiger partial charge in [0.05, 0.1) is 6.54 Å². The van der Waals surface area contributed by atoms with Crippen LogP contribution in [0.2, 0.25) is 0 Å². The van der Waals surface area contributed by atoms with Crippen molar-refractivity contribution in [1.29, 1.82) is 0 Å². The molecule has 66 valence electrons. The molecule has 1 unspecified atom stereocenters. The van der Waals surface area contributed by atoms with Crippen LogP contribution in [-0.2, 0) is 9.59 Å². The number of likely N-dealkylation sites (N-methyl/N-ethyl adjacent to an activating group) is 1. The number of urea groups is 1. The van der Waals surface area contributed by atoms with Gasteiger partial charge in [-0.15, -0.1) is 0 Å². The Bertz CT molecular complexity index is 239. The Morgan fingerprint density at radius 3 is 2.42 bits per heavy atom. The van der Waals surface area contributed by atoms with Crippen LogP contribution < -0.4 is 0 Å². The van der Waals surface area contributed by atoms with E-state index in [9.17, 15) is 14.4 Å². The van der Waals surface area contributed by atoms with Gasteiger partial charge in [0, 0.05) is 7.05 Å². The molecule has 1 aliphatic heterocycles. The molecule has 12 heavy (non-hydrogen) atoms. The lowest BCUT2D eigenvalue weighted by Gasteiger charge is -2.14. The molecule has 0 aromatic heterocycles. The zero-order valence-corrected chi connectivity index (χ0v) is 6.98. The smallest absolute Gasteiger partial charge is 0.306 e. The molecule has 1 aliphatic rings. The van der Waals surface area contributed by atoms with Crippen LogP contribution in [0, 0.1) is 0 Å². The molecule has 1 saturated heterocycles. The number of hydrogen-bond donors (Lipinski definition) is 0. The van der Waals surface area contributed by atoms with Crippen LogP contribution in [-0.4, -0.2) is 47.7 Å². The predicted molar refractivity (Wildman–Crippen MR) is 40.4 cm³/mol. The van der Waals surface area contributed by atoms with E-state index < -0.39 is 12.1 Å². The first kappa shape index (κ1) is 8.70. The number of carbonyl (C=O) groups is 3. The van der Waals surface area contributed by atoms with Gasteiger partial charge in [0.2, 0.25) is 0 Å². The SMILES string of the molecule is CC1C(=O)N(C)C(=O)N1CC=O. The lowest BCUT2D eigenvalue weighted by Crippen LogP contribution is -2.34. The maximum atomic E-state index is 11.2. The minimum Gasteiger partial charge on any atom is -0.306 e. The van der Waals surface area contributed by atoms with E-state index in [2.05, 4.69) is 0 Å². The number of hydrogen-bond acceptors (Lipinski definition) is 3. The summed E-state index contributed by atoms with van der Waals surface area (Å²) >= 11 is 0. The number of rotatable bonds is 2. The van der Waals surface area contributed by atoms with E-state index in [0.29, 0.717) is 6.29 Å². The Balaban J connectivity index is 2.83. The van der Waals surface area contributed by atoms with Gasteiger partial charge in [-0.25, -0.2) is 4.79 Å². The largest absolute Gasteiger partial charge is 0.327 e. The molecule has 0 spiro atoms. The second-order valence-corrected chi connectivity index (χ2v) is 2.67. The topological polar surface area (TPSA) is 57.7 Å². The third kappa shape index (κ3) is 1.07. The Morgan fingerprint density at radius 1 is 1.50 bits per heavy atom. The molecule has 1 heterocycles. The van der Waals surface area contributed by atoms with E-state index in [-0.39, 0.29) is 12.5 Å². The average Bonchev–Trinajstić information content (AvgIpc) is 2.23. The summed E-state index contributed by atoms with van der Waals surface area (Å²) in [6.07, 6.45) is 0.612. The van der Waals surface area contributed by atoms with Gasteiger partial charge in [-0.1, -0.05) is 0 Å². The molecule has 5 heteroatoms. The van der Waals surface area contributed by atoms with Crippen LogP contribution in [0.5, 0.6) is 0 Å². The Labute approximate surface area is 69.9 Å². The first-order valence-corrected chi connectivity index (χ1v) is 3.61. The summed E-state index contributed by atoms with van der Waals surface area (Å²) < 4.78 is 0. The zero-order chi connectivity index (χ0) is 9.30. The Hall–Kier alpha value is -1.39. The molecule has 5 nitrogen and oxygen atoms in total. The molecule has 0 aromatic rings. The van der Waals surface area contributed by atoms with Crippen molar-refractivity contribution in [2.45, 2.75) is 13.0 Å². The van der Waals surface area contributed by atoms with Gasteiger partial charge in [-0.2, -0.15) is 0 Å². The summed E-state index contributed by atoms with van der Waals surface area (Å²) in [6, 6.07) is -0.910. The number of aldehydes is 1. The summed E-state index contributed by atoms with van der Waals surface area (Å²) in [4.78, 5) is 34.7. The number of imide groups is 1. The lowest BCUT2D eigenvalue weighted by molar-refractivity contribution is -0.127. The van der Waals surface area contributed by atoms with E-state index in [0.717, 1.165) is 4.90 Å². The summed E-state index contributed by atoms with van der Waals surface area (Å²) in [5.74, 6) is -0.262. The molecular weight excluding hydrogens is 160 g/mol.